The van der Waals surface area contributed by atoms with Gasteiger partial charge in [0.25, 0.3) is 5.91 Å². The SMILES string of the molecule is C[C@H](NC(=O)OC(C)(C)C)C(=O)Nc1ccccc1C(=O)NC1CC1. The van der Waals surface area contributed by atoms with E-state index < -0.39 is 23.6 Å². The van der Waals surface area contributed by atoms with E-state index in [0.29, 0.717) is 11.3 Å². The van der Waals surface area contributed by atoms with E-state index in [9.17, 15) is 14.4 Å². The summed E-state index contributed by atoms with van der Waals surface area (Å²) in [5.41, 5.74) is 0.157. The molecule has 1 aliphatic carbocycles. The van der Waals surface area contributed by atoms with E-state index in [-0.39, 0.29) is 11.9 Å². The highest BCUT2D eigenvalue weighted by molar-refractivity contribution is 6.05. The lowest BCUT2D eigenvalue weighted by Crippen LogP contribution is -2.44. The Morgan fingerprint density at radius 3 is 2.40 bits per heavy atom. The molecule has 2 rings (SSSR count). The second kappa shape index (κ2) is 7.55. The summed E-state index contributed by atoms with van der Waals surface area (Å²) in [7, 11) is 0. The molecule has 0 aromatic heterocycles. The Morgan fingerprint density at radius 1 is 1.16 bits per heavy atom. The Balaban J connectivity index is 1.97. The largest absolute Gasteiger partial charge is 0.444 e. The quantitative estimate of drug-likeness (QED) is 0.762. The molecule has 7 heteroatoms. The van der Waals surface area contributed by atoms with Gasteiger partial charge in [-0.05, 0) is 52.7 Å². The number of rotatable bonds is 5. The molecule has 7 nitrogen and oxygen atoms in total. The number of nitrogens with one attached hydrogen (secondary N) is 3. The van der Waals surface area contributed by atoms with Gasteiger partial charge in [0.2, 0.25) is 5.91 Å². The standard InChI is InChI=1S/C18H25N3O4/c1-11(19-17(24)25-18(2,3)4)15(22)21-14-8-6-5-7-13(14)16(23)20-12-9-10-12/h5-8,11-12H,9-10H2,1-4H3,(H,19,24)(H,20,23)(H,21,22)/t11-/m0/s1. The van der Waals surface area contributed by atoms with Gasteiger partial charge in [0.1, 0.15) is 11.6 Å². The first kappa shape index (κ1) is 18.8. The van der Waals surface area contributed by atoms with Crippen LogP contribution in [-0.4, -0.2) is 35.6 Å². The molecule has 1 aromatic rings. The monoisotopic (exact) mass is 347 g/mol. The molecule has 0 spiro atoms. The molecule has 3 amide bonds. The van der Waals surface area contributed by atoms with Crippen LogP contribution in [0.25, 0.3) is 0 Å². The van der Waals surface area contributed by atoms with Crippen molar-refractivity contribution < 1.29 is 19.1 Å². The molecule has 1 saturated carbocycles. The van der Waals surface area contributed by atoms with E-state index in [1.807, 2.05) is 0 Å². The van der Waals surface area contributed by atoms with Gasteiger partial charge in [-0.2, -0.15) is 0 Å². The van der Waals surface area contributed by atoms with Crippen molar-refractivity contribution in [3.05, 3.63) is 29.8 Å². The van der Waals surface area contributed by atoms with Crippen LogP contribution in [0.2, 0.25) is 0 Å². The molecule has 0 bridgehead atoms. The lowest BCUT2D eigenvalue weighted by molar-refractivity contribution is -0.117. The molecule has 1 aromatic carbocycles. The molecule has 1 fully saturated rings. The fourth-order valence-electron chi connectivity index (χ4n) is 2.07. The van der Waals surface area contributed by atoms with E-state index in [2.05, 4.69) is 16.0 Å². The van der Waals surface area contributed by atoms with Gasteiger partial charge < -0.3 is 20.7 Å². The summed E-state index contributed by atoms with van der Waals surface area (Å²) in [4.78, 5) is 36.3. The molecule has 0 saturated heterocycles. The Hall–Kier alpha value is -2.57. The number of hydrogen-bond acceptors (Lipinski definition) is 4. The first-order valence-corrected chi connectivity index (χ1v) is 8.36. The number of alkyl carbamates (subject to hydrolysis) is 1. The van der Waals surface area contributed by atoms with Crippen LogP contribution in [0.5, 0.6) is 0 Å². The zero-order valence-electron chi connectivity index (χ0n) is 15.0. The fourth-order valence-corrected chi connectivity index (χ4v) is 2.07. The first-order valence-electron chi connectivity index (χ1n) is 8.36. The molecule has 0 aliphatic heterocycles. The molecule has 0 heterocycles. The number of benzene rings is 1. The van der Waals surface area contributed by atoms with E-state index in [1.54, 1.807) is 52.0 Å². The van der Waals surface area contributed by atoms with Crippen molar-refractivity contribution in [1.82, 2.24) is 10.6 Å². The van der Waals surface area contributed by atoms with Gasteiger partial charge in [-0.1, -0.05) is 12.1 Å². The fraction of sp³-hybridized carbons (Fsp3) is 0.500. The highest BCUT2D eigenvalue weighted by Gasteiger charge is 2.26. The van der Waals surface area contributed by atoms with Crippen molar-refractivity contribution in [2.45, 2.75) is 58.2 Å². The predicted octanol–water partition coefficient (Wildman–Crippen LogP) is 2.43. The number of carbonyl (C=O) groups is 3. The smallest absolute Gasteiger partial charge is 0.408 e. The summed E-state index contributed by atoms with van der Waals surface area (Å²) in [6, 6.07) is 6.19. The normalized spacial score (nSPS) is 15.0. The van der Waals surface area contributed by atoms with Gasteiger partial charge in [0.15, 0.2) is 0 Å². The van der Waals surface area contributed by atoms with Crippen LogP contribution in [0.15, 0.2) is 24.3 Å². The highest BCUT2D eigenvalue weighted by Crippen LogP contribution is 2.21. The van der Waals surface area contributed by atoms with E-state index in [1.165, 1.54) is 0 Å². The van der Waals surface area contributed by atoms with Crippen LogP contribution in [0.3, 0.4) is 0 Å². The lowest BCUT2D eigenvalue weighted by Gasteiger charge is -2.22. The van der Waals surface area contributed by atoms with E-state index in [4.69, 9.17) is 4.74 Å². The maximum atomic E-state index is 12.3. The minimum atomic E-state index is -0.811. The number of amides is 3. The first-order chi connectivity index (χ1) is 11.7. The average molecular weight is 347 g/mol. The Morgan fingerprint density at radius 2 is 1.80 bits per heavy atom. The van der Waals surface area contributed by atoms with Crippen LogP contribution in [-0.2, 0) is 9.53 Å². The molecular formula is C18H25N3O4. The number of hydrogen-bond donors (Lipinski definition) is 3. The Bertz CT molecular complexity index is 663. The second-order valence-corrected chi connectivity index (χ2v) is 7.15. The molecule has 0 radical (unpaired) electrons. The van der Waals surface area contributed by atoms with Gasteiger partial charge >= 0.3 is 6.09 Å². The Kier molecular flexibility index (Phi) is 5.66. The van der Waals surface area contributed by atoms with E-state index >= 15 is 0 Å². The van der Waals surface area contributed by atoms with Crippen molar-refractivity contribution in [3.63, 3.8) is 0 Å². The zero-order valence-corrected chi connectivity index (χ0v) is 15.0. The lowest BCUT2D eigenvalue weighted by atomic mass is 10.1. The van der Waals surface area contributed by atoms with Gasteiger partial charge in [-0.15, -0.1) is 0 Å². The summed E-state index contributed by atoms with van der Waals surface area (Å²) in [6.45, 7) is 6.77. The van der Waals surface area contributed by atoms with Gasteiger partial charge in [0.05, 0.1) is 11.3 Å². The third kappa shape index (κ3) is 6.10. The van der Waals surface area contributed by atoms with Crippen LogP contribution < -0.4 is 16.0 Å². The predicted molar refractivity (Wildman–Crippen MR) is 94.4 cm³/mol. The van der Waals surface area contributed by atoms with Crippen molar-refractivity contribution in [2.75, 3.05) is 5.32 Å². The van der Waals surface area contributed by atoms with Gasteiger partial charge in [0, 0.05) is 6.04 Å². The molecule has 3 N–H and O–H groups in total. The van der Waals surface area contributed by atoms with Crippen LogP contribution in [0.4, 0.5) is 10.5 Å². The Labute approximate surface area is 147 Å². The van der Waals surface area contributed by atoms with Crippen molar-refractivity contribution in [3.8, 4) is 0 Å². The summed E-state index contributed by atoms with van der Waals surface area (Å²) in [5, 5.41) is 8.05. The molecule has 1 atom stereocenters. The molecule has 1 aliphatic rings. The summed E-state index contributed by atoms with van der Waals surface area (Å²) in [6.07, 6.45) is 1.30. The highest BCUT2D eigenvalue weighted by atomic mass is 16.6. The number of para-hydroxylation sites is 1. The van der Waals surface area contributed by atoms with Gasteiger partial charge in [-0.3, -0.25) is 9.59 Å². The van der Waals surface area contributed by atoms with Crippen molar-refractivity contribution in [2.24, 2.45) is 0 Å². The third-order valence-corrected chi connectivity index (χ3v) is 3.47. The average Bonchev–Trinajstić information content (AvgIpc) is 3.29. The minimum Gasteiger partial charge on any atom is -0.444 e. The third-order valence-electron chi connectivity index (χ3n) is 3.47. The molecule has 136 valence electrons. The summed E-state index contributed by atoms with van der Waals surface area (Å²) < 4.78 is 5.13. The molecule has 25 heavy (non-hydrogen) atoms. The number of anilines is 1. The summed E-state index contributed by atoms with van der Waals surface area (Å²) in [5.74, 6) is -0.649. The molecule has 0 unspecified atom stereocenters. The number of carbonyl (C=O) groups excluding carboxylic acids is 3. The van der Waals surface area contributed by atoms with Gasteiger partial charge in [-0.25, -0.2) is 4.79 Å². The zero-order chi connectivity index (χ0) is 18.6. The number of ether oxygens (including phenoxy) is 1. The van der Waals surface area contributed by atoms with Crippen LogP contribution in [0.1, 0.15) is 50.9 Å². The topological polar surface area (TPSA) is 96.5 Å². The maximum Gasteiger partial charge on any atom is 0.408 e. The van der Waals surface area contributed by atoms with E-state index in [0.717, 1.165) is 12.8 Å². The maximum absolute atomic E-state index is 12.3. The van der Waals surface area contributed by atoms with Crippen molar-refractivity contribution >= 4 is 23.6 Å². The van der Waals surface area contributed by atoms with Crippen LogP contribution >= 0.6 is 0 Å². The minimum absolute atomic E-state index is 0.217. The summed E-state index contributed by atoms with van der Waals surface area (Å²) >= 11 is 0. The second-order valence-electron chi connectivity index (χ2n) is 7.15. The van der Waals surface area contributed by atoms with Crippen LogP contribution in [0, 0.1) is 0 Å². The van der Waals surface area contributed by atoms with Crippen molar-refractivity contribution in [1.29, 1.82) is 0 Å². The molecular weight excluding hydrogens is 322 g/mol.